The minimum Gasteiger partial charge on any atom is -0.377 e. The lowest BCUT2D eigenvalue weighted by atomic mass is 10.1. The third-order valence-electron chi connectivity index (χ3n) is 2.27. The summed E-state index contributed by atoms with van der Waals surface area (Å²) in [6.07, 6.45) is 1.10. The van der Waals surface area contributed by atoms with Crippen LogP contribution in [0, 0.1) is 0 Å². The van der Waals surface area contributed by atoms with Crippen molar-refractivity contribution < 1.29 is 4.74 Å². The number of likely N-dealkylation sites (tertiary alicyclic amines) is 1. The molecule has 3 heteroatoms. The molecule has 0 spiro atoms. The van der Waals surface area contributed by atoms with Crippen LogP contribution in [-0.2, 0) is 4.74 Å². The fraction of sp³-hybridized carbons (Fsp3) is 1.00. The summed E-state index contributed by atoms with van der Waals surface area (Å²) in [5.74, 6) is 0. The first-order valence-corrected chi connectivity index (χ1v) is 3.68. The second-order valence-electron chi connectivity index (χ2n) is 3.14. The van der Waals surface area contributed by atoms with Crippen molar-refractivity contribution in [3.05, 3.63) is 0 Å². The summed E-state index contributed by atoms with van der Waals surface area (Å²) in [6.45, 7) is 4.82. The molecule has 10 heavy (non-hydrogen) atoms. The molecule has 1 heterocycles. The van der Waals surface area contributed by atoms with Gasteiger partial charge in [0.25, 0.3) is 0 Å². The monoisotopic (exact) mass is 144 g/mol. The molecule has 0 aromatic carbocycles. The Morgan fingerprint density at radius 2 is 2.40 bits per heavy atom. The van der Waals surface area contributed by atoms with E-state index in [-0.39, 0.29) is 5.60 Å². The molecule has 0 aromatic rings. The smallest absolute Gasteiger partial charge is 0.0789 e. The molecule has 1 aliphatic rings. The van der Waals surface area contributed by atoms with E-state index in [2.05, 4.69) is 11.8 Å². The fourth-order valence-electron chi connectivity index (χ4n) is 1.35. The average Bonchev–Trinajstić information content (AvgIpc) is 2.33. The van der Waals surface area contributed by atoms with Crippen molar-refractivity contribution in [1.29, 1.82) is 0 Å². The second-order valence-corrected chi connectivity index (χ2v) is 3.14. The number of rotatable bonds is 2. The molecule has 60 valence electrons. The van der Waals surface area contributed by atoms with E-state index in [1.54, 1.807) is 7.11 Å². The molecular weight excluding hydrogens is 128 g/mol. The van der Waals surface area contributed by atoms with E-state index in [4.69, 9.17) is 10.5 Å². The van der Waals surface area contributed by atoms with E-state index in [0.29, 0.717) is 6.67 Å². The second kappa shape index (κ2) is 2.86. The molecule has 0 aromatic heterocycles. The quantitative estimate of drug-likeness (QED) is 0.593. The Morgan fingerprint density at radius 1 is 1.70 bits per heavy atom. The molecule has 0 amide bonds. The van der Waals surface area contributed by atoms with Gasteiger partial charge in [-0.3, -0.25) is 4.90 Å². The molecule has 1 fully saturated rings. The normalized spacial score (nSPS) is 35.1. The van der Waals surface area contributed by atoms with Crippen LogP contribution in [0.25, 0.3) is 0 Å². The zero-order valence-corrected chi connectivity index (χ0v) is 6.76. The van der Waals surface area contributed by atoms with Crippen LogP contribution in [0.2, 0.25) is 0 Å². The van der Waals surface area contributed by atoms with Crippen molar-refractivity contribution in [2.75, 3.05) is 26.9 Å². The van der Waals surface area contributed by atoms with E-state index in [1.807, 2.05) is 0 Å². The number of hydrogen-bond acceptors (Lipinski definition) is 3. The van der Waals surface area contributed by atoms with Gasteiger partial charge in [0.05, 0.1) is 5.60 Å². The SMILES string of the molecule is COC1(C)CCN(CN)C1. The molecule has 1 aliphatic heterocycles. The highest BCUT2D eigenvalue weighted by atomic mass is 16.5. The number of methoxy groups -OCH3 is 1. The van der Waals surface area contributed by atoms with E-state index in [9.17, 15) is 0 Å². The fourth-order valence-corrected chi connectivity index (χ4v) is 1.35. The highest BCUT2D eigenvalue weighted by Gasteiger charge is 2.32. The molecule has 1 atom stereocenters. The van der Waals surface area contributed by atoms with Crippen LogP contribution >= 0.6 is 0 Å². The first-order valence-electron chi connectivity index (χ1n) is 3.68. The van der Waals surface area contributed by atoms with Crippen LogP contribution in [0.15, 0.2) is 0 Å². The van der Waals surface area contributed by atoms with Crippen LogP contribution in [-0.4, -0.2) is 37.4 Å². The molecule has 1 saturated heterocycles. The van der Waals surface area contributed by atoms with Crippen LogP contribution in [0.4, 0.5) is 0 Å². The summed E-state index contributed by atoms with van der Waals surface area (Å²) in [5.41, 5.74) is 5.53. The number of nitrogens with zero attached hydrogens (tertiary/aromatic N) is 1. The van der Waals surface area contributed by atoms with Gasteiger partial charge in [-0.25, -0.2) is 0 Å². The maximum absolute atomic E-state index is 5.48. The minimum absolute atomic E-state index is 0.0549. The Morgan fingerprint density at radius 3 is 2.70 bits per heavy atom. The van der Waals surface area contributed by atoms with Gasteiger partial charge < -0.3 is 10.5 Å². The number of ether oxygens (including phenoxy) is 1. The Balaban J connectivity index is 2.41. The van der Waals surface area contributed by atoms with E-state index < -0.39 is 0 Å². The molecule has 0 aliphatic carbocycles. The van der Waals surface area contributed by atoms with Gasteiger partial charge in [-0.15, -0.1) is 0 Å². The molecule has 0 radical (unpaired) electrons. The number of hydrogen-bond donors (Lipinski definition) is 1. The summed E-state index contributed by atoms with van der Waals surface area (Å²) in [5, 5.41) is 0. The summed E-state index contributed by atoms with van der Waals surface area (Å²) in [4.78, 5) is 2.20. The number of nitrogens with two attached hydrogens (primary N) is 1. The summed E-state index contributed by atoms with van der Waals surface area (Å²) in [7, 11) is 1.76. The van der Waals surface area contributed by atoms with Gasteiger partial charge in [-0.2, -0.15) is 0 Å². The molecule has 1 rings (SSSR count). The predicted molar refractivity (Wildman–Crippen MR) is 40.7 cm³/mol. The average molecular weight is 144 g/mol. The van der Waals surface area contributed by atoms with Gasteiger partial charge in [0.1, 0.15) is 0 Å². The third kappa shape index (κ3) is 1.48. The van der Waals surface area contributed by atoms with Gasteiger partial charge in [0.15, 0.2) is 0 Å². The maximum Gasteiger partial charge on any atom is 0.0789 e. The molecule has 0 bridgehead atoms. The first-order chi connectivity index (χ1) is 4.70. The summed E-state index contributed by atoms with van der Waals surface area (Å²) in [6, 6.07) is 0. The molecular formula is C7H16N2O. The van der Waals surface area contributed by atoms with E-state index >= 15 is 0 Å². The van der Waals surface area contributed by atoms with Crippen molar-refractivity contribution in [3.8, 4) is 0 Å². The molecule has 2 N–H and O–H groups in total. The van der Waals surface area contributed by atoms with Gasteiger partial charge in [0, 0.05) is 26.9 Å². The van der Waals surface area contributed by atoms with Crippen LogP contribution in [0.1, 0.15) is 13.3 Å². The largest absolute Gasteiger partial charge is 0.377 e. The molecule has 1 unspecified atom stereocenters. The first kappa shape index (κ1) is 7.98. The van der Waals surface area contributed by atoms with Gasteiger partial charge in [0.2, 0.25) is 0 Å². The zero-order chi connectivity index (χ0) is 7.61. The lowest BCUT2D eigenvalue weighted by Gasteiger charge is -2.21. The Hall–Kier alpha value is -0.120. The standard InChI is InChI=1S/C7H16N2O/c1-7(10-2)3-4-9(5-7)6-8/h3-6,8H2,1-2H3. The van der Waals surface area contributed by atoms with Crippen molar-refractivity contribution in [3.63, 3.8) is 0 Å². The van der Waals surface area contributed by atoms with Crippen molar-refractivity contribution >= 4 is 0 Å². The van der Waals surface area contributed by atoms with Gasteiger partial charge >= 0.3 is 0 Å². The Bertz CT molecular complexity index is 118. The molecule has 3 nitrogen and oxygen atoms in total. The maximum atomic E-state index is 5.48. The molecule has 0 saturated carbocycles. The van der Waals surface area contributed by atoms with Crippen LogP contribution < -0.4 is 5.73 Å². The van der Waals surface area contributed by atoms with Crippen molar-refractivity contribution in [1.82, 2.24) is 4.90 Å². The minimum atomic E-state index is 0.0549. The highest BCUT2D eigenvalue weighted by Crippen LogP contribution is 2.22. The summed E-state index contributed by atoms with van der Waals surface area (Å²) >= 11 is 0. The van der Waals surface area contributed by atoms with E-state index in [1.165, 1.54) is 0 Å². The van der Waals surface area contributed by atoms with Crippen molar-refractivity contribution in [2.24, 2.45) is 5.73 Å². The summed E-state index contributed by atoms with van der Waals surface area (Å²) < 4.78 is 5.33. The van der Waals surface area contributed by atoms with Crippen LogP contribution in [0.5, 0.6) is 0 Å². The van der Waals surface area contributed by atoms with Gasteiger partial charge in [-0.1, -0.05) is 0 Å². The highest BCUT2D eigenvalue weighted by molar-refractivity contribution is 4.86. The third-order valence-corrected chi connectivity index (χ3v) is 2.27. The van der Waals surface area contributed by atoms with E-state index in [0.717, 1.165) is 19.5 Å². The topological polar surface area (TPSA) is 38.5 Å². The lowest BCUT2D eigenvalue weighted by molar-refractivity contribution is 0.0151. The van der Waals surface area contributed by atoms with Crippen molar-refractivity contribution in [2.45, 2.75) is 18.9 Å². The Kier molecular flexibility index (Phi) is 2.28. The van der Waals surface area contributed by atoms with Crippen LogP contribution in [0.3, 0.4) is 0 Å². The Labute approximate surface area is 62.1 Å². The lowest BCUT2D eigenvalue weighted by Crippen LogP contribution is -2.34. The van der Waals surface area contributed by atoms with Gasteiger partial charge in [-0.05, 0) is 13.3 Å². The predicted octanol–water partition coefficient (Wildman–Crippen LogP) is 0.0134. The zero-order valence-electron chi connectivity index (χ0n) is 6.76.